The number of halogens is 1. The van der Waals surface area contributed by atoms with E-state index in [1.807, 2.05) is 43.1 Å². The SMILES string of the molecule is CC(C)Oc1cc2c(cn1)CN=C2c1ccnc(N2CC[C@H](F)C2)c1. The molecule has 25 heavy (non-hydrogen) atoms. The van der Waals surface area contributed by atoms with Gasteiger partial charge in [-0.15, -0.1) is 0 Å². The van der Waals surface area contributed by atoms with Crippen LogP contribution in [0.25, 0.3) is 0 Å². The van der Waals surface area contributed by atoms with Crippen molar-refractivity contribution in [1.82, 2.24) is 9.97 Å². The van der Waals surface area contributed by atoms with Crippen LogP contribution in [0, 0.1) is 0 Å². The summed E-state index contributed by atoms with van der Waals surface area (Å²) in [6.45, 7) is 5.70. The van der Waals surface area contributed by atoms with Crippen molar-refractivity contribution in [3.05, 3.63) is 47.3 Å². The number of anilines is 1. The summed E-state index contributed by atoms with van der Waals surface area (Å²) in [5.74, 6) is 1.42. The number of fused-ring (bicyclic) bond motifs is 1. The van der Waals surface area contributed by atoms with Gasteiger partial charge >= 0.3 is 0 Å². The Morgan fingerprint density at radius 3 is 2.92 bits per heavy atom. The molecule has 0 aliphatic carbocycles. The van der Waals surface area contributed by atoms with Gasteiger partial charge in [0.15, 0.2) is 0 Å². The second-order valence-corrected chi connectivity index (χ2v) is 6.75. The number of hydrogen-bond acceptors (Lipinski definition) is 5. The van der Waals surface area contributed by atoms with Gasteiger partial charge < -0.3 is 9.64 Å². The Morgan fingerprint density at radius 1 is 1.28 bits per heavy atom. The average Bonchev–Trinajstić information content (AvgIpc) is 3.20. The molecule has 0 bridgehead atoms. The number of aromatic nitrogens is 2. The zero-order chi connectivity index (χ0) is 17.4. The standard InChI is InChI=1S/C19H21FN4O/c1-12(2)25-18-8-16-14(9-22-18)10-23-19(16)13-3-5-21-17(7-13)24-6-4-15(20)11-24/h3,5,7-9,12,15H,4,6,10-11H2,1-2H3/t15-/m0/s1. The lowest BCUT2D eigenvalue weighted by Crippen LogP contribution is -2.21. The molecule has 5 nitrogen and oxygen atoms in total. The molecular formula is C19H21FN4O. The third-order valence-corrected chi connectivity index (χ3v) is 4.45. The Bertz CT molecular complexity index is 821. The van der Waals surface area contributed by atoms with Gasteiger partial charge in [-0.25, -0.2) is 14.4 Å². The van der Waals surface area contributed by atoms with Crippen LogP contribution in [0.4, 0.5) is 10.2 Å². The maximum absolute atomic E-state index is 13.5. The minimum absolute atomic E-state index is 0.0729. The van der Waals surface area contributed by atoms with Crippen molar-refractivity contribution in [3.8, 4) is 5.88 Å². The summed E-state index contributed by atoms with van der Waals surface area (Å²) in [6, 6.07) is 5.90. The summed E-state index contributed by atoms with van der Waals surface area (Å²) in [5.41, 5.74) is 4.06. The fourth-order valence-corrected chi connectivity index (χ4v) is 3.28. The smallest absolute Gasteiger partial charge is 0.214 e. The number of rotatable bonds is 4. The lowest BCUT2D eigenvalue weighted by molar-refractivity contribution is 0.232. The van der Waals surface area contributed by atoms with Crippen molar-refractivity contribution in [2.75, 3.05) is 18.0 Å². The molecule has 2 aliphatic heterocycles. The first-order valence-electron chi connectivity index (χ1n) is 8.66. The Kier molecular flexibility index (Phi) is 4.11. The highest BCUT2D eigenvalue weighted by molar-refractivity contribution is 6.15. The number of hydrogen-bond donors (Lipinski definition) is 0. The summed E-state index contributed by atoms with van der Waals surface area (Å²) in [5, 5.41) is 0. The molecule has 1 fully saturated rings. The van der Waals surface area contributed by atoms with Crippen LogP contribution in [-0.4, -0.2) is 41.0 Å². The summed E-state index contributed by atoms with van der Waals surface area (Å²) >= 11 is 0. The largest absolute Gasteiger partial charge is 0.475 e. The van der Waals surface area contributed by atoms with E-state index in [-0.39, 0.29) is 6.10 Å². The summed E-state index contributed by atoms with van der Waals surface area (Å²) in [6.07, 6.45) is 3.47. The van der Waals surface area contributed by atoms with Crippen molar-refractivity contribution >= 4 is 11.5 Å². The van der Waals surface area contributed by atoms with E-state index >= 15 is 0 Å². The van der Waals surface area contributed by atoms with Crippen molar-refractivity contribution in [3.63, 3.8) is 0 Å². The van der Waals surface area contributed by atoms with Crippen molar-refractivity contribution < 1.29 is 9.13 Å². The molecular weight excluding hydrogens is 319 g/mol. The van der Waals surface area contributed by atoms with Gasteiger partial charge in [0.05, 0.1) is 24.9 Å². The topological polar surface area (TPSA) is 50.6 Å². The monoisotopic (exact) mass is 340 g/mol. The minimum Gasteiger partial charge on any atom is -0.475 e. The molecule has 0 amide bonds. The molecule has 1 saturated heterocycles. The lowest BCUT2D eigenvalue weighted by Gasteiger charge is -2.17. The van der Waals surface area contributed by atoms with Crippen LogP contribution in [0.15, 0.2) is 35.6 Å². The number of pyridine rings is 2. The fraction of sp³-hybridized carbons (Fsp3) is 0.421. The van der Waals surface area contributed by atoms with Crippen LogP contribution >= 0.6 is 0 Å². The summed E-state index contributed by atoms with van der Waals surface area (Å²) in [7, 11) is 0. The minimum atomic E-state index is -0.767. The Labute approximate surface area is 146 Å². The molecule has 2 aliphatic rings. The van der Waals surface area contributed by atoms with Crippen LogP contribution < -0.4 is 9.64 Å². The Balaban J connectivity index is 1.64. The molecule has 0 unspecified atom stereocenters. The van der Waals surface area contributed by atoms with Gasteiger partial charge in [-0.2, -0.15) is 0 Å². The van der Waals surface area contributed by atoms with E-state index in [4.69, 9.17) is 4.74 Å². The second kappa shape index (κ2) is 6.43. The van der Waals surface area contributed by atoms with Gasteiger partial charge in [-0.1, -0.05) is 0 Å². The highest BCUT2D eigenvalue weighted by Gasteiger charge is 2.24. The van der Waals surface area contributed by atoms with E-state index < -0.39 is 6.17 Å². The second-order valence-electron chi connectivity index (χ2n) is 6.75. The Morgan fingerprint density at radius 2 is 2.16 bits per heavy atom. The maximum Gasteiger partial charge on any atom is 0.214 e. The zero-order valence-corrected chi connectivity index (χ0v) is 14.4. The molecule has 6 heteroatoms. The van der Waals surface area contributed by atoms with E-state index in [2.05, 4.69) is 15.0 Å². The van der Waals surface area contributed by atoms with Gasteiger partial charge in [0.1, 0.15) is 12.0 Å². The van der Waals surface area contributed by atoms with Crippen LogP contribution in [-0.2, 0) is 6.54 Å². The molecule has 4 rings (SSSR count). The highest BCUT2D eigenvalue weighted by atomic mass is 19.1. The molecule has 2 aromatic rings. The molecule has 0 saturated carbocycles. The first-order chi connectivity index (χ1) is 12.1. The van der Waals surface area contributed by atoms with Crippen molar-refractivity contribution in [2.45, 2.75) is 39.1 Å². The predicted molar refractivity (Wildman–Crippen MR) is 95.3 cm³/mol. The van der Waals surface area contributed by atoms with Crippen LogP contribution in [0.5, 0.6) is 5.88 Å². The van der Waals surface area contributed by atoms with Crippen molar-refractivity contribution in [2.24, 2.45) is 4.99 Å². The molecule has 0 spiro atoms. The van der Waals surface area contributed by atoms with Gasteiger partial charge in [0, 0.05) is 41.7 Å². The quantitative estimate of drug-likeness (QED) is 0.858. The maximum atomic E-state index is 13.5. The van der Waals surface area contributed by atoms with E-state index in [1.54, 1.807) is 6.20 Å². The van der Waals surface area contributed by atoms with E-state index in [0.29, 0.717) is 31.9 Å². The lowest BCUT2D eigenvalue weighted by atomic mass is 10.0. The molecule has 0 aromatic carbocycles. The van der Waals surface area contributed by atoms with Crippen LogP contribution in [0.2, 0.25) is 0 Å². The number of alkyl halides is 1. The van der Waals surface area contributed by atoms with E-state index in [9.17, 15) is 4.39 Å². The Hall–Kier alpha value is -2.50. The van der Waals surface area contributed by atoms with Crippen LogP contribution in [0.1, 0.15) is 37.0 Å². The number of ether oxygens (including phenoxy) is 1. The van der Waals surface area contributed by atoms with Gasteiger partial charge in [0.25, 0.3) is 0 Å². The van der Waals surface area contributed by atoms with Crippen LogP contribution in [0.3, 0.4) is 0 Å². The van der Waals surface area contributed by atoms with Gasteiger partial charge in [-0.3, -0.25) is 4.99 Å². The van der Waals surface area contributed by atoms with E-state index in [0.717, 1.165) is 28.2 Å². The summed E-state index contributed by atoms with van der Waals surface area (Å²) < 4.78 is 19.2. The van der Waals surface area contributed by atoms with E-state index in [1.165, 1.54) is 0 Å². The first kappa shape index (κ1) is 16.0. The number of aliphatic imine (C=N–C) groups is 1. The van der Waals surface area contributed by atoms with Gasteiger partial charge in [-0.05, 0) is 32.4 Å². The normalized spacial score (nSPS) is 19.3. The summed E-state index contributed by atoms with van der Waals surface area (Å²) in [4.78, 5) is 15.4. The average molecular weight is 340 g/mol. The fourth-order valence-electron chi connectivity index (χ4n) is 3.28. The molecule has 4 heterocycles. The number of nitrogens with zero attached hydrogens (tertiary/aromatic N) is 4. The molecule has 2 aromatic heterocycles. The molecule has 0 radical (unpaired) electrons. The molecule has 130 valence electrons. The first-order valence-corrected chi connectivity index (χ1v) is 8.66. The molecule has 0 N–H and O–H groups in total. The highest BCUT2D eigenvalue weighted by Crippen LogP contribution is 2.28. The van der Waals surface area contributed by atoms with Gasteiger partial charge in [0.2, 0.25) is 5.88 Å². The third-order valence-electron chi connectivity index (χ3n) is 4.45. The third kappa shape index (κ3) is 3.21. The van der Waals surface area contributed by atoms with Crippen molar-refractivity contribution in [1.29, 1.82) is 0 Å². The predicted octanol–water partition coefficient (Wildman–Crippen LogP) is 3.16. The molecule has 1 atom stereocenters. The zero-order valence-electron chi connectivity index (χ0n) is 14.4.